The van der Waals surface area contributed by atoms with Gasteiger partial charge in [-0.3, -0.25) is 19.3 Å². The van der Waals surface area contributed by atoms with E-state index in [1.165, 1.54) is 6.08 Å². The van der Waals surface area contributed by atoms with E-state index in [0.717, 1.165) is 22.2 Å². The lowest BCUT2D eigenvalue weighted by atomic mass is 10.2. The number of carbonyl (C=O) groups excluding carboxylic acids is 3. The van der Waals surface area contributed by atoms with Crippen LogP contribution >= 0.6 is 43.6 Å². The van der Waals surface area contributed by atoms with E-state index in [0.29, 0.717) is 26.8 Å². The van der Waals surface area contributed by atoms with E-state index in [4.69, 9.17) is 4.74 Å². The second-order valence-corrected chi connectivity index (χ2v) is 9.13. The minimum absolute atomic E-state index is 0.0771. The maximum atomic E-state index is 12.8. The Morgan fingerprint density at radius 1 is 1.23 bits per heavy atom. The number of imide groups is 1. The third kappa shape index (κ3) is 5.31. The van der Waals surface area contributed by atoms with E-state index in [1.807, 2.05) is 19.1 Å². The molecule has 0 unspecified atom stereocenters. The molecule has 0 aromatic heterocycles. The van der Waals surface area contributed by atoms with Crippen molar-refractivity contribution in [3.8, 4) is 11.5 Å². The first-order valence-electron chi connectivity index (χ1n) is 9.17. The maximum Gasteiger partial charge on any atom is 0.294 e. The maximum absolute atomic E-state index is 12.8. The number of amides is 3. The molecule has 1 aliphatic rings. The Morgan fingerprint density at radius 2 is 1.90 bits per heavy atom. The summed E-state index contributed by atoms with van der Waals surface area (Å²) >= 11 is 7.39. The lowest BCUT2D eigenvalue weighted by molar-refractivity contribution is -0.127. The Morgan fingerprint density at radius 3 is 2.55 bits per heavy atom. The predicted octanol–water partition coefficient (Wildman–Crippen LogP) is 5.30. The van der Waals surface area contributed by atoms with Crippen LogP contribution in [0.25, 0.3) is 6.08 Å². The molecule has 31 heavy (non-hydrogen) atoms. The van der Waals surface area contributed by atoms with Crippen molar-refractivity contribution in [3.05, 3.63) is 55.3 Å². The predicted molar refractivity (Wildman–Crippen MR) is 127 cm³/mol. The van der Waals surface area contributed by atoms with E-state index >= 15 is 0 Å². The average Bonchev–Trinajstić information content (AvgIpc) is 2.99. The Bertz CT molecular complexity index is 1090. The summed E-state index contributed by atoms with van der Waals surface area (Å²) < 4.78 is 6.27. The summed E-state index contributed by atoms with van der Waals surface area (Å²) in [6, 6.07) is 8.76. The van der Waals surface area contributed by atoms with Gasteiger partial charge in [0.1, 0.15) is 6.54 Å². The Kier molecular flexibility index (Phi) is 7.45. The van der Waals surface area contributed by atoms with Crippen LogP contribution in [0.5, 0.6) is 11.5 Å². The molecule has 3 amide bonds. The summed E-state index contributed by atoms with van der Waals surface area (Å²) in [5, 5.41) is 12.3. The van der Waals surface area contributed by atoms with Gasteiger partial charge in [-0.25, -0.2) is 0 Å². The topological polar surface area (TPSA) is 95.9 Å². The number of benzene rings is 2. The van der Waals surface area contributed by atoms with Crippen LogP contribution < -0.4 is 10.1 Å². The summed E-state index contributed by atoms with van der Waals surface area (Å²) in [6.07, 6.45) is 1.51. The summed E-state index contributed by atoms with van der Waals surface area (Å²) in [7, 11) is 0. The molecule has 0 atom stereocenters. The molecule has 1 fully saturated rings. The van der Waals surface area contributed by atoms with Crippen LogP contribution in [-0.4, -0.2) is 40.2 Å². The van der Waals surface area contributed by atoms with Crippen LogP contribution in [0.2, 0.25) is 0 Å². The van der Waals surface area contributed by atoms with Crippen molar-refractivity contribution in [3.63, 3.8) is 0 Å². The number of ether oxygens (including phenoxy) is 1. The highest BCUT2D eigenvalue weighted by Gasteiger charge is 2.36. The number of phenolic OH excluding ortho intramolecular Hbond substituents is 1. The number of phenols is 1. The molecule has 0 bridgehead atoms. The highest BCUT2D eigenvalue weighted by molar-refractivity contribution is 9.13. The fourth-order valence-electron chi connectivity index (χ4n) is 2.74. The van der Waals surface area contributed by atoms with Crippen molar-refractivity contribution in [2.24, 2.45) is 0 Å². The highest BCUT2D eigenvalue weighted by Crippen LogP contribution is 2.43. The molecule has 162 valence electrons. The van der Waals surface area contributed by atoms with Crippen LogP contribution in [-0.2, 0) is 9.59 Å². The molecule has 1 heterocycles. The van der Waals surface area contributed by atoms with E-state index in [-0.39, 0.29) is 22.9 Å². The molecule has 7 nitrogen and oxygen atoms in total. The standard InChI is InChI=1S/C21H18Br2N2O5S/c1-3-30-14-8-12(17(22)18(23)19(14)27)9-15-20(28)25(21(29)31-15)10-16(26)24-13-6-4-11(2)5-7-13/h4-9,27H,3,10H2,1-2H3,(H,24,26). The average molecular weight is 570 g/mol. The van der Waals surface area contributed by atoms with Crippen molar-refractivity contribution in [2.45, 2.75) is 13.8 Å². The van der Waals surface area contributed by atoms with Crippen molar-refractivity contribution >= 4 is 72.4 Å². The molecular formula is C21H18Br2N2O5S. The zero-order valence-corrected chi connectivity index (χ0v) is 20.6. The van der Waals surface area contributed by atoms with Crippen LogP contribution in [0.1, 0.15) is 18.1 Å². The summed E-state index contributed by atoms with van der Waals surface area (Å²) in [5.41, 5.74) is 2.16. The third-order valence-corrected chi connectivity index (χ3v) is 7.34. The van der Waals surface area contributed by atoms with Gasteiger partial charge in [0.15, 0.2) is 11.5 Å². The quantitative estimate of drug-likeness (QED) is 0.458. The Hall–Kier alpha value is -2.30. The number of anilines is 1. The second-order valence-electron chi connectivity index (χ2n) is 6.56. The molecular weight excluding hydrogens is 552 g/mol. The zero-order chi connectivity index (χ0) is 22.7. The normalized spacial score (nSPS) is 15.0. The monoisotopic (exact) mass is 568 g/mol. The lowest BCUT2D eigenvalue weighted by Gasteiger charge is -2.13. The molecule has 1 saturated heterocycles. The number of rotatable bonds is 6. The van der Waals surface area contributed by atoms with E-state index < -0.39 is 17.1 Å². The molecule has 2 aromatic rings. The van der Waals surface area contributed by atoms with E-state index in [1.54, 1.807) is 25.1 Å². The van der Waals surface area contributed by atoms with Crippen molar-refractivity contribution in [1.29, 1.82) is 0 Å². The fourth-order valence-corrected chi connectivity index (χ4v) is 4.41. The number of nitrogens with one attached hydrogen (secondary N) is 1. The molecule has 1 aliphatic heterocycles. The molecule has 0 radical (unpaired) electrons. The highest BCUT2D eigenvalue weighted by atomic mass is 79.9. The molecule has 0 saturated carbocycles. The van der Waals surface area contributed by atoms with Crippen LogP contribution in [0.15, 0.2) is 44.2 Å². The van der Waals surface area contributed by atoms with E-state index in [9.17, 15) is 19.5 Å². The van der Waals surface area contributed by atoms with Gasteiger partial charge in [-0.05, 0) is 87.3 Å². The van der Waals surface area contributed by atoms with Gasteiger partial charge < -0.3 is 15.2 Å². The third-order valence-electron chi connectivity index (χ3n) is 4.27. The van der Waals surface area contributed by atoms with Gasteiger partial charge in [0.05, 0.1) is 16.0 Å². The van der Waals surface area contributed by atoms with Gasteiger partial charge >= 0.3 is 0 Å². The summed E-state index contributed by atoms with van der Waals surface area (Å²) in [6.45, 7) is 3.66. The summed E-state index contributed by atoms with van der Waals surface area (Å²) in [4.78, 5) is 38.5. The SMILES string of the molecule is CCOc1cc(C=C2SC(=O)N(CC(=O)Nc3ccc(C)cc3)C2=O)c(Br)c(Br)c1O. The molecule has 2 N–H and O–H groups in total. The second kappa shape index (κ2) is 9.88. The minimum Gasteiger partial charge on any atom is -0.503 e. The van der Waals surface area contributed by atoms with Gasteiger partial charge in [-0.1, -0.05) is 17.7 Å². The van der Waals surface area contributed by atoms with Gasteiger partial charge in [-0.15, -0.1) is 0 Å². The fraction of sp³-hybridized carbons (Fsp3) is 0.190. The molecule has 0 spiro atoms. The molecule has 3 rings (SSSR count). The largest absolute Gasteiger partial charge is 0.503 e. The van der Waals surface area contributed by atoms with Crippen LogP contribution in [0, 0.1) is 6.92 Å². The number of aromatic hydroxyl groups is 1. The number of carbonyl (C=O) groups is 3. The number of hydrogen-bond acceptors (Lipinski definition) is 6. The minimum atomic E-state index is -0.567. The van der Waals surface area contributed by atoms with Crippen LogP contribution in [0.4, 0.5) is 10.5 Å². The zero-order valence-electron chi connectivity index (χ0n) is 16.6. The number of aryl methyl sites for hydroxylation is 1. The van der Waals surface area contributed by atoms with Gasteiger partial charge in [-0.2, -0.15) is 0 Å². The molecule has 2 aromatic carbocycles. The first-order chi connectivity index (χ1) is 14.7. The smallest absolute Gasteiger partial charge is 0.294 e. The number of hydrogen-bond donors (Lipinski definition) is 2. The Labute approximate surface area is 200 Å². The summed E-state index contributed by atoms with van der Waals surface area (Å²) in [5.74, 6) is -0.880. The molecule has 0 aliphatic carbocycles. The lowest BCUT2D eigenvalue weighted by Crippen LogP contribution is -2.36. The van der Waals surface area contributed by atoms with Crippen molar-refractivity contribution < 1.29 is 24.2 Å². The van der Waals surface area contributed by atoms with Crippen LogP contribution in [0.3, 0.4) is 0 Å². The van der Waals surface area contributed by atoms with E-state index in [2.05, 4.69) is 37.2 Å². The van der Waals surface area contributed by atoms with Gasteiger partial charge in [0.2, 0.25) is 5.91 Å². The first-order valence-corrected chi connectivity index (χ1v) is 11.6. The van der Waals surface area contributed by atoms with Crippen molar-refractivity contribution in [1.82, 2.24) is 4.90 Å². The van der Waals surface area contributed by atoms with Gasteiger partial charge in [0.25, 0.3) is 11.1 Å². The first kappa shape index (κ1) is 23.4. The Balaban J connectivity index is 1.79. The molecule has 10 heteroatoms. The van der Waals surface area contributed by atoms with Gasteiger partial charge in [0, 0.05) is 10.2 Å². The number of nitrogens with zero attached hydrogens (tertiary/aromatic N) is 1. The van der Waals surface area contributed by atoms with Crippen molar-refractivity contribution in [2.75, 3.05) is 18.5 Å². The number of thioether (sulfide) groups is 1. The number of halogens is 2.